The van der Waals surface area contributed by atoms with E-state index in [1.54, 1.807) is 21.0 Å². The van der Waals surface area contributed by atoms with E-state index in [9.17, 15) is 39.6 Å². The van der Waals surface area contributed by atoms with Gasteiger partial charge in [-0.15, -0.1) is 5.10 Å². The summed E-state index contributed by atoms with van der Waals surface area (Å²) in [6.07, 6.45) is 1.13. The fraction of sp³-hybridized carbons (Fsp3) is 0.385. The first-order chi connectivity index (χ1) is 18.9. The Morgan fingerprint density at radius 1 is 1.23 bits per heavy atom. The molecule has 14 nitrogen and oxygen atoms in total. The Kier molecular flexibility index (Phi) is 6.27. The quantitative estimate of drug-likeness (QED) is 0.242. The Balaban J connectivity index is 1.71. The number of aromatic hydroxyl groups is 1. The van der Waals surface area contributed by atoms with Crippen LogP contribution in [0.25, 0.3) is 5.69 Å². The molecular weight excluding hydrogens is 526 g/mol. The predicted molar refractivity (Wildman–Crippen MR) is 135 cm³/mol. The third-order valence-electron chi connectivity index (χ3n) is 7.84. The number of carbonyl (C=O) groups is 4. The molecule has 0 radical (unpaired) electrons. The lowest BCUT2D eigenvalue weighted by atomic mass is 9.58. The van der Waals surface area contributed by atoms with Crippen LogP contribution < -0.4 is 5.73 Å². The Hall–Kier alpha value is -4.56. The molecule has 0 fully saturated rings. The van der Waals surface area contributed by atoms with E-state index in [2.05, 4.69) is 10.3 Å². The number of rotatable bonds is 5. The molecule has 0 saturated carbocycles. The molecule has 5 rings (SSSR count). The highest BCUT2D eigenvalue weighted by Gasteiger charge is 2.63. The maximum absolute atomic E-state index is 13.8. The lowest BCUT2D eigenvalue weighted by Gasteiger charge is -2.50. The Labute approximate surface area is 226 Å². The van der Waals surface area contributed by atoms with Crippen LogP contribution in [0.2, 0.25) is 0 Å². The van der Waals surface area contributed by atoms with Gasteiger partial charge in [-0.1, -0.05) is 5.21 Å². The van der Waals surface area contributed by atoms with Crippen LogP contribution in [0.5, 0.6) is 5.75 Å². The summed E-state index contributed by atoms with van der Waals surface area (Å²) in [5.74, 6) is -8.20. The molecular formula is C26H27N5O9. The normalized spacial score (nSPS) is 26.0. The van der Waals surface area contributed by atoms with Gasteiger partial charge >= 0.3 is 5.97 Å². The van der Waals surface area contributed by atoms with E-state index >= 15 is 0 Å². The average molecular weight is 554 g/mol. The van der Waals surface area contributed by atoms with Gasteiger partial charge in [-0.3, -0.25) is 19.3 Å². The van der Waals surface area contributed by atoms with Crippen molar-refractivity contribution in [3.05, 3.63) is 57.8 Å². The fourth-order valence-electron chi connectivity index (χ4n) is 6.19. The molecule has 1 aromatic carbocycles. The molecule has 2 aromatic rings. The van der Waals surface area contributed by atoms with Gasteiger partial charge in [-0.2, -0.15) is 0 Å². The number of likely N-dealkylation sites (N-methyl/N-ethyl adjacent to an activating group) is 1. The van der Waals surface area contributed by atoms with Crippen LogP contribution in [0.4, 0.5) is 0 Å². The summed E-state index contributed by atoms with van der Waals surface area (Å²) in [5, 5.41) is 52.4. The van der Waals surface area contributed by atoms with E-state index in [0.717, 1.165) is 0 Å². The summed E-state index contributed by atoms with van der Waals surface area (Å²) in [7, 11) is 3.09. The fourth-order valence-corrected chi connectivity index (χ4v) is 6.19. The van der Waals surface area contributed by atoms with Gasteiger partial charge in [0.25, 0.3) is 5.91 Å². The summed E-state index contributed by atoms with van der Waals surface area (Å²) in [6, 6.07) is 1.55. The van der Waals surface area contributed by atoms with Crippen molar-refractivity contribution in [1.82, 2.24) is 19.9 Å². The lowest BCUT2D eigenvalue weighted by molar-refractivity contribution is -0.148. The number of fused-ring (bicyclic) bond motifs is 3. The Morgan fingerprint density at radius 3 is 2.55 bits per heavy atom. The van der Waals surface area contributed by atoms with Crippen LogP contribution >= 0.6 is 0 Å². The maximum Gasteiger partial charge on any atom is 0.358 e. The van der Waals surface area contributed by atoms with Crippen LogP contribution in [0.15, 0.2) is 41.0 Å². The first-order valence-corrected chi connectivity index (χ1v) is 12.4. The zero-order chi connectivity index (χ0) is 29.3. The molecule has 0 saturated heterocycles. The largest absolute Gasteiger partial charge is 0.510 e. The molecule has 0 aliphatic heterocycles. The van der Waals surface area contributed by atoms with Crippen molar-refractivity contribution in [3.8, 4) is 11.4 Å². The van der Waals surface area contributed by atoms with Gasteiger partial charge in [0.2, 0.25) is 5.78 Å². The Bertz CT molecular complexity index is 1560. The van der Waals surface area contributed by atoms with Gasteiger partial charge in [0.15, 0.2) is 17.1 Å². The Morgan fingerprint density at radius 2 is 1.93 bits per heavy atom. The number of hydrogen-bond donors (Lipinski definition) is 5. The number of aliphatic hydroxyl groups is 3. The number of carbonyl (C=O) groups excluding carboxylic acids is 4. The minimum absolute atomic E-state index is 0.0143. The number of phenols is 1. The molecule has 210 valence electrons. The van der Waals surface area contributed by atoms with Crippen molar-refractivity contribution in [1.29, 1.82) is 0 Å². The number of amides is 1. The number of benzene rings is 1. The zero-order valence-electron chi connectivity index (χ0n) is 21.8. The van der Waals surface area contributed by atoms with Gasteiger partial charge in [0, 0.05) is 11.5 Å². The van der Waals surface area contributed by atoms with Crippen molar-refractivity contribution in [2.75, 3.05) is 20.7 Å². The predicted octanol–water partition coefficient (Wildman–Crippen LogP) is -0.122. The van der Waals surface area contributed by atoms with Crippen LogP contribution in [0.1, 0.15) is 39.8 Å². The lowest BCUT2D eigenvalue weighted by Crippen LogP contribution is -2.63. The minimum atomic E-state index is -2.74. The molecule has 40 heavy (non-hydrogen) atoms. The van der Waals surface area contributed by atoms with Crippen LogP contribution in [0.3, 0.4) is 0 Å². The number of esters is 1. The zero-order valence-corrected chi connectivity index (χ0v) is 21.8. The molecule has 0 spiro atoms. The molecule has 6 N–H and O–H groups in total. The van der Waals surface area contributed by atoms with Crippen molar-refractivity contribution >= 4 is 23.4 Å². The van der Waals surface area contributed by atoms with Crippen molar-refractivity contribution in [2.24, 2.45) is 17.6 Å². The monoisotopic (exact) mass is 553 g/mol. The van der Waals surface area contributed by atoms with Crippen molar-refractivity contribution < 1.29 is 44.3 Å². The second-order valence-electron chi connectivity index (χ2n) is 10.2. The SMILES string of the molecule is CCOC(=O)c1cnnn1-c1ccc(O)c2c1C[C@@H]1C[C@@H]3[C@H](N(C)C)C(O)=C(C(N)=O)C(=O)[C@]3(O)C(O)=C1C2=O. The highest BCUT2D eigenvalue weighted by atomic mass is 16.5. The molecule has 0 bridgehead atoms. The molecule has 4 atom stereocenters. The standard InChI is InChI=1S/C26H27N5O9/c1-4-40-25(38)14-9-28-29-31(14)13-5-6-15(32)17-11(13)7-10-8-12-19(30(2)3)21(34)18(24(27)37)23(36)26(12,39)22(35)16(10)20(17)33/h5-6,9-10,12,19,32,34-35,39H,4,7-8H2,1-3H3,(H2,27,37)/t10-,12-,19+,26-/m1/s1. The molecule has 3 aliphatic rings. The number of primary amides is 1. The number of hydrogen-bond acceptors (Lipinski definition) is 12. The van der Waals surface area contributed by atoms with E-state index in [-0.39, 0.29) is 47.5 Å². The number of ether oxygens (including phenoxy) is 1. The van der Waals surface area contributed by atoms with Crippen molar-refractivity contribution in [3.63, 3.8) is 0 Å². The van der Waals surface area contributed by atoms with Crippen molar-refractivity contribution in [2.45, 2.75) is 31.4 Å². The third kappa shape index (κ3) is 3.56. The van der Waals surface area contributed by atoms with Crippen LogP contribution in [0, 0.1) is 11.8 Å². The number of phenolic OH excluding ortho intramolecular Hbond substituents is 1. The molecule has 0 unspecified atom stereocenters. The number of nitrogens with zero attached hydrogens (tertiary/aromatic N) is 4. The molecule has 1 aromatic heterocycles. The number of ketones is 2. The van der Waals surface area contributed by atoms with E-state index in [1.165, 1.54) is 27.9 Å². The summed E-state index contributed by atoms with van der Waals surface area (Å²) < 4.78 is 6.24. The first-order valence-electron chi connectivity index (χ1n) is 12.4. The van der Waals surface area contributed by atoms with Crippen LogP contribution in [-0.4, -0.2) is 96.1 Å². The number of allylic oxidation sites excluding steroid dienone is 1. The maximum atomic E-state index is 13.8. The number of nitrogens with two attached hydrogens (primary N) is 1. The molecule has 1 heterocycles. The minimum Gasteiger partial charge on any atom is -0.510 e. The number of Topliss-reactive ketones (excluding diaryl/α,β-unsaturated/α-hetero) is 2. The van der Waals surface area contributed by atoms with E-state index in [4.69, 9.17) is 10.5 Å². The molecule has 1 amide bonds. The third-order valence-corrected chi connectivity index (χ3v) is 7.84. The molecule has 14 heteroatoms. The highest BCUT2D eigenvalue weighted by Crippen LogP contribution is 2.52. The smallest absolute Gasteiger partial charge is 0.358 e. The summed E-state index contributed by atoms with van der Waals surface area (Å²) in [5.41, 5.74) is 1.73. The van der Waals surface area contributed by atoms with Gasteiger partial charge in [-0.05, 0) is 57.5 Å². The topological polar surface area (TPSA) is 218 Å². The molecule has 3 aliphatic carbocycles. The second-order valence-corrected chi connectivity index (χ2v) is 10.2. The van der Waals surface area contributed by atoms with Crippen LogP contribution in [-0.2, 0) is 20.7 Å². The van der Waals surface area contributed by atoms with Gasteiger partial charge in [0.05, 0.1) is 30.1 Å². The average Bonchev–Trinajstić information content (AvgIpc) is 3.36. The van der Waals surface area contributed by atoms with E-state index in [1.807, 2.05) is 0 Å². The summed E-state index contributed by atoms with van der Waals surface area (Å²) in [6.45, 7) is 1.73. The van der Waals surface area contributed by atoms with Gasteiger partial charge in [-0.25, -0.2) is 9.48 Å². The van der Waals surface area contributed by atoms with Gasteiger partial charge in [0.1, 0.15) is 22.8 Å². The summed E-state index contributed by atoms with van der Waals surface area (Å²) >= 11 is 0. The number of aromatic nitrogens is 3. The van der Waals surface area contributed by atoms with E-state index in [0.29, 0.717) is 0 Å². The van der Waals surface area contributed by atoms with E-state index < -0.39 is 69.8 Å². The number of aliphatic hydroxyl groups excluding tert-OH is 2. The highest BCUT2D eigenvalue weighted by molar-refractivity contribution is 6.24. The van der Waals surface area contributed by atoms with Gasteiger partial charge < -0.3 is 30.9 Å². The first kappa shape index (κ1) is 27.0. The summed E-state index contributed by atoms with van der Waals surface area (Å²) in [4.78, 5) is 53.3. The second kappa shape index (κ2) is 9.27.